The van der Waals surface area contributed by atoms with Gasteiger partial charge in [-0.1, -0.05) is 18.5 Å². The summed E-state index contributed by atoms with van der Waals surface area (Å²) < 4.78 is 27.8. The van der Waals surface area contributed by atoms with Gasteiger partial charge in [0, 0.05) is 6.04 Å². The monoisotopic (exact) mass is 334 g/mol. The third kappa shape index (κ3) is 5.18. The zero-order valence-electron chi connectivity index (χ0n) is 12.1. The molecule has 1 rings (SSSR count). The topological polar surface area (TPSA) is 98.5 Å². The summed E-state index contributed by atoms with van der Waals surface area (Å²) >= 11 is 5.94. The molecule has 0 fully saturated rings. The molecule has 8 heteroatoms. The van der Waals surface area contributed by atoms with Crippen molar-refractivity contribution in [3.63, 3.8) is 0 Å². The van der Waals surface area contributed by atoms with Crippen LogP contribution in [0.25, 0.3) is 0 Å². The number of carbonyl (C=O) groups is 1. The Balaban J connectivity index is 2.82. The highest BCUT2D eigenvalue weighted by molar-refractivity contribution is 7.89. The first-order chi connectivity index (χ1) is 9.65. The first-order valence-corrected chi connectivity index (χ1v) is 8.37. The second-order valence-electron chi connectivity index (χ2n) is 4.72. The third-order valence-corrected chi connectivity index (χ3v) is 4.11. The summed E-state index contributed by atoms with van der Waals surface area (Å²) in [6.45, 7) is 5.43. The maximum atomic E-state index is 11.9. The van der Waals surface area contributed by atoms with Gasteiger partial charge in [-0.15, -0.1) is 0 Å². The quantitative estimate of drug-likeness (QED) is 0.826. The van der Waals surface area contributed by atoms with E-state index in [9.17, 15) is 13.2 Å². The van der Waals surface area contributed by atoms with Crippen LogP contribution in [0.5, 0.6) is 5.75 Å². The number of hydrogen-bond donors (Lipinski definition) is 2. The van der Waals surface area contributed by atoms with Crippen LogP contribution in [0.1, 0.15) is 27.2 Å². The van der Waals surface area contributed by atoms with Crippen LogP contribution in [0.4, 0.5) is 0 Å². The smallest absolute Gasteiger partial charge is 0.260 e. The number of sulfonamides is 1. The molecule has 0 saturated heterocycles. The Bertz CT molecular complexity index is 619. The first kappa shape index (κ1) is 17.7. The summed E-state index contributed by atoms with van der Waals surface area (Å²) in [7, 11) is -3.83. The maximum absolute atomic E-state index is 11.9. The molecule has 0 aliphatic carbocycles. The van der Waals surface area contributed by atoms with Crippen LogP contribution < -0.4 is 15.2 Å². The molecule has 0 aromatic heterocycles. The van der Waals surface area contributed by atoms with Gasteiger partial charge in [0.25, 0.3) is 5.91 Å². The Morgan fingerprint density at radius 3 is 2.52 bits per heavy atom. The number of rotatable bonds is 6. The molecule has 0 spiro atoms. The number of benzene rings is 1. The van der Waals surface area contributed by atoms with Crippen molar-refractivity contribution >= 4 is 27.5 Å². The van der Waals surface area contributed by atoms with Crippen LogP contribution in [-0.2, 0) is 14.8 Å². The van der Waals surface area contributed by atoms with E-state index in [-0.39, 0.29) is 27.6 Å². The Morgan fingerprint density at radius 2 is 2.05 bits per heavy atom. The van der Waals surface area contributed by atoms with Crippen molar-refractivity contribution in [2.75, 3.05) is 0 Å². The fourth-order valence-corrected chi connectivity index (χ4v) is 2.29. The Morgan fingerprint density at radius 1 is 1.43 bits per heavy atom. The molecule has 2 atom stereocenters. The lowest BCUT2D eigenvalue weighted by Crippen LogP contribution is -2.41. The highest BCUT2D eigenvalue weighted by Crippen LogP contribution is 2.27. The number of nitrogens with one attached hydrogen (secondary N) is 1. The predicted molar refractivity (Wildman–Crippen MR) is 80.8 cm³/mol. The van der Waals surface area contributed by atoms with Gasteiger partial charge in [0.2, 0.25) is 10.0 Å². The number of nitrogens with two attached hydrogens (primary N) is 1. The average Bonchev–Trinajstić information content (AvgIpc) is 2.39. The minimum atomic E-state index is -3.83. The van der Waals surface area contributed by atoms with E-state index in [0.717, 1.165) is 6.42 Å². The number of primary sulfonamides is 1. The summed E-state index contributed by atoms with van der Waals surface area (Å²) in [4.78, 5) is 11.7. The molecule has 0 radical (unpaired) electrons. The molecule has 1 aromatic rings. The summed E-state index contributed by atoms with van der Waals surface area (Å²) in [6.07, 6.45) is 0.0549. The molecule has 2 unspecified atom stereocenters. The lowest BCUT2D eigenvalue weighted by atomic mass is 10.2. The predicted octanol–water partition coefficient (Wildman–Crippen LogP) is 1.67. The minimum Gasteiger partial charge on any atom is -0.479 e. The van der Waals surface area contributed by atoms with Gasteiger partial charge in [-0.05, 0) is 38.5 Å². The summed E-state index contributed by atoms with van der Waals surface area (Å²) in [5.74, 6) is -0.0493. The van der Waals surface area contributed by atoms with E-state index in [0.29, 0.717) is 0 Å². The van der Waals surface area contributed by atoms with Crippen LogP contribution in [0.3, 0.4) is 0 Å². The molecule has 21 heavy (non-hydrogen) atoms. The molecule has 0 aliphatic heterocycles. The Labute approximate surface area is 129 Å². The van der Waals surface area contributed by atoms with Crippen molar-refractivity contribution in [1.82, 2.24) is 5.32 Å². The standard InChI is InChI=1S/C13H19ClN2O4S/c1-4-8(2)16-13(17)9(3)20-12-6-5-10(7-11(12)14)21(15,18)19/h5-9H,4H2,1-3H3,(H,16,17)(H2,15,18,19). The van der Waals surface area contributed by atoms with E-state index in [4.69, 9.17) is 21.5 Å². The number of carbonyl (C=O) groups excluding carboxylic acids is 1. The lowest BCUT2D eigenvalue weighted by molar-refractivity contribution is -0.127. The van der Waals surface area contributed by atoms with E-state index in [1.807, 2.05) is 13.8 Å². The van der Waals surface area contributed by atoms with Crippen LogP contribution in [0, 0.1) is 0 Å². The minimum absolute atomic E-state index is 0.0452. The number of ether oxygens (including phenoxy) is 1. The Hall–Kier alpha value is -1.31. The molecule has 0 aliphatic rings. The number of amides is 1. The lowest BCUT2D eigenvalue weighted by Gasteiger charge is -2.18. The zero-order valence-corrected chi connectivity index (χ0v) is 13.7. The van der Waals surface area contributed by atoms with Crippen LogP contribution in [0.15, 0.2) is 23.1 Å². The molecule has 0 saturated carbocycles. The fourth-order valence-electron chi connectivity index (χ4n) is 1.46. The molecular formula is C13H19ClN2O4S. The second kappa shape index (κ2) is 7.11. The van der Waals surface area contributed by atoms with E-state index >= 15 is 0 Å². The highest BCUT2D eigenvalue weighted by atomic mass is 35.5. The highest BCUT2D eigenvalue weighted by Gasteiger charge is 2.18. The van der Waals surface area contributed by atoms with E-state index < -0.39 is 16.1 Å². The first-order valence-electron chi connectivity index (χ1n) is 6.44. The number of halogens is 1. The normalized spacial score (nSPS) is 14.3. The van der Waals surface area contributed by atoms with E-state index in [1.54, 1.807) is 6.92 Å². The van der Waals surface area contributed by atoms with Crippen molar-refractivity contribution in [3.05, 3.63) is 23.2 Å². The Kier molecular flexibility index (Phi) is 6.00. The van der Waals surface area contributed by atoms with Gasteiger partial charge < -0.3 is 10.1 Å². The van der Waals surface area contributed by atoms with Crippen molar-refractivity contribution in [3.8, 4) is 5.75 Å². The summed E-state index contributed by atoms with van der Waals surface area (Å²) in [6, 6.07) is 3.87. The third-order valence-electron chi connectivity index (χ3n) is 2.91. The van der Waals surface area contributed by atoms with Gasteiger partial charge in [-0.2, -0.15) is 0 Å². The molecule has 0 heterocycles. The zero-order chi connectivity index (χ0) is 16.2. The van der Waals surface area contributed by atoms with Gasteiger partial charge in [0.1, 0.15) is 5.75 Å². The molecule has 1 amide bonds. The second-order valence-corrected chi connectivity index (χ2v) is 6.68. The van der Waals surface area contributed by atoms with Crippen molar-refractivity contribution < 1.29 is 17.9 Å². The van der Waals surface area contributed by atoms with Crippen molar-refractivity contribution in [1.29, 1.82) is 0 Å². The van der Waals surface area contributed by atoms with Crippen LogP contribution in [-0.4, -0.2) is 26.5 Å². The van der Waals surface area contributed by atoms with Gasteiger partial charge in [0.05, 0.1) is 9.92 Å². The average molecular weight is 335 g/mol. The van der Waals surface area contributed by atoms with Gasteiger partial charge in [0.15, 0.2) is 6.10 Å². The largest absolute Gasteiger partial charge is 0.479 e. The molecule has 6 nitrogen and oxygen atoms in total. The molecule has 118 valence electrons. The summed E-state index contributed by atoms with van der Waals surface area (Å²) in [5.41, 5.74) is 0. The van der Waals surface area contributed by atoms with Crippen LogP contribution >= 0.6 is 11.6 Å². The SMILES string of the molecule is CCC(C)NC(=O)C(C)Oc1ccc(S(N)(=O)=O)cc1Cl. The van der Waals surface area contributed by atoms with Crippen molar-refractivity contribution in [2.45, 2.75) is 44.2 Å². The number of hydrogen-bond acceptors (Lipinski definition) is 4. The van der Waals surface area contributed by atoms with Gasteiger partial charge >= 0.3 is 0 Å². The van der Waals surface area contributed by atoms with Gasteiger partial charge in [-0.25, -0.2) is 13.6 Å². The van der Waals surface area contributed by atoms with Gasteiger partial charge in [-0.3, -0.25) is 4.79 Å². The van der Waals surface area contributed by atoms with E-state index in [1.165, 1.54) is 18.2 Å². The molecule has 3 N–H and O–H groups in total. The molecular weight excluding hydrogens is 316 g/mol. The maximum Gasteiger partial charge on any atom is 0.260 e. The van der Waals surface area contributed by atoms with E-state index in [2.05, 4.69) is 5.32 Å². The molecule has 1 aromatic carbocycles. The van der Waals surface area contributed by atoms with Crippen LogP contribution in [0.2, 0.25) is 5.02 Å². The summed E-state index contributed by atoms with van der Waals surface area (Å²) in [5, 5.41) is 7.86. The van der Waals surface area contributed by atoms with Crippen molar-refractivity contribution in [2.24, 2.45) is 5.14 Å². The molecule has 0 bridgehead atoms. The fraction of sp³-hybridized carbons (Fsp3) is 0.462.